The molecule has 3 aromatic rings. The summed E-state index contributed by atoms with van der Waals surface area (Å²) in [5.74, 6) is -1.22. The largest absolute Gasteiger partial charge is 0.456 e. The zero-order valence-corrected chi connectivity index (χ0v) is 19.6. The van der Waals surface area contributed by atoms with Gasteiger partial charge >= 0.3 is 5.97 Å². The van der Waals surface area contributed by atoms with Crippen LogP contribution < -0.4 is 5.32 Å². The Morgan fingerprint density at radius 3 is 2.24 bits per heavy atom. The Labute approximate surface area is 197 Å². The van der Waals surface area contributed by atoms with E-state index in [1.807, 2.05) is 26.2 Å². The van der Waals surface area contributed by atoms with E-state index in [9.17, 15) is 14.4 Å². The smallest absolute Gasteiger partial charge is 0.306 e. The van der Waals surface area contributed by atoms with Crippen LogP contribution in [0.4, 0.5) is 5.69 Å². The van der Waals surface area contributed by atoms with Gasteiger partial charge in [-0.2, -0.15) is 0 Å². The van der Waals surface area contributed by atoms with Crippen LogP contribution in [0.15, 0.2) is 59.8 Å². The van der Waals surface area contributed by atoms with Crippen molar-refractivity contribution in [3.8, 4) is 0 Å². The minimum absolute atomic E-state index is 0.111. The molecule has 0 aliphatic carbocycles. The van der Waals surface area contributed by atoms with Crippen LogP contribution in [0.5, 0.6) is 0 Å². The van der Waals surface area contributed by atoms with Crippen LogP contribution in [0.3, 0.4) is 0 Å². The second kappa shape index (κ2) is 11.4. The van der Waals surface area contributed by atoms with Crippen molar-refractivity contribution in [3.63, 3.8) is 0 Å². The number of amides is 1. The molecule has 0 aliphatic heterocycles. The summed E-state index contributed by atoms with van der Waals surface area (Å²) in [5.41, 5.74) is 3.81. The summed E-state index contributed by atoms with van der Waals surface area (Å²) in [5, 5.41) is 3.36. The Hall–Kier alpha value is -3.52. The van der Waals surface area contributed by atoms with Crippen molar-refractivity contribution in [2.24, 2.45) is 0 Å². The van der Waals surface area contributed by atoms with E-state index < -0.39 is 18.5 Å². The van der Waals surface area contributed by atoms with E-state index in [0.717, 1.165) is 17.0 Å². The van der Waals surface area contributed by atoms with Crippen LogP contribution in [0.2, 0.25) is 0 Å². The number of anilines is 1. The number of thioether (sulfide) groups is 1. The number of nitrogens with one attached hydrogen (secondary N) is 1. The number of carbonyl (C=O) groups is 3. The highest BCUT2D eigenvalue weighted by Crippen LogP contribution is 2.20. The van der Waals surface area contributed by atoms with Crippen molar-refractivity contribution < 1.29 is 19.1 Å². The molecule has 0 fully saturated rings. The van der Waals surface area contributed by atoms with Crippen molar-refractivity contribution in [2.45, 2.75) is 31.8 Å². The fraction of sp³-hybridized carbons (Fsp3) is 0.240. The number of hydrogen-bond acceptors (Lipinski definition) is 7. The molecule has 0 unspecified atom stereocenters. The summed E-state index contributed by atoms with van der Waals surface area (Å²) in [6.07, 6.45) is 2.45. The van der Waals surface area contributed by atoms with Crippen LogP contribution in [-0.4, -0.2) is 40.5 Å². The number of aryl methyl sites for hydroxylation is 2. The maximum absolute atomic E-state index is 12.8. The molecule has 3 rings (SSSR count). The molecule has 0 bridgehead atoms. The van der Waals surface area contributed by atoms with Crippen molar-refractivity contribution in [3.05, 3.63) is 82.7 Å². The summed E-state index contributed by atoms with van der Waals surface area (Å²) in [4.78, 5) is 46.1. The fourth-order valence-corrected chi connectivity index (χ4v) is 3.78. The summed E-state index contributed by atoms with van der Waals surface area (Å²) in [7, 11) is 0. The second-order valence-electron chi connectivity index (χ2n) is 7.31. The van der Waals surface area contributed by atoms with Crippen molar-refractivity contribution in [1.29, 1.82) is 0 Å². The summed E-state index contributed by atoms with van der Waals surface area (Å²) in [6, 6.07) is 15.5. The minimum Gasteiger partial charge on any atom is -0.456 e. The van der Waals surface area contributed by atoms with Gasteiger partial charge in [-0.3, -0.25) is 14.4 Å². The van der Waals surface area contributed by atoms with Crippen molar-refractivity contribution in [2.75, 3.05) is 18.2 Å². The molecule has 1 amide bonds. The van der Waals surface area contributed by atoms with Gasteiger partial charge in [0.1, 0.15) is 0 Å². The molecule has 1 N–H and O–H groups in total. The minimum atomic E-state index is -0.517. The number of para-hydroxylation sites is 1. The third-order valence-corrected chi connectivity index (χ3v) is 5.56. The average molecular weight is 464 g/mol. The van der Waals surface area contributed by atoms with Gasteiger partial charge in [0.15, 0.2) is 17.5 Å². The van der Waals surface area contributed by atoms with Gasteiger partial charge in [-0.1, -0.05) is 54.2 Å². The van der Waals surface area contributed by atoms with Gasteiger partial charge in [0.05, 0.1) is 5.69 Å². The predicted octanol–water partition coefficient (Wildman–Crippen LogP) is 4.16. The number of rotatable bonds is 9. The Morgan fingerprint density at radius 1 is 0.939 bits per heavy atom. The molecule has 1 heterocycles. The van der Waals surface area contributed by atoms with E-state index in [0.29, 0.717) is 28.4 Å². The van der Waals surface area contributed by atoms with Gasteiger partial charge in [0, 0.05) is 28.9 Å². The summed E-state index contributed by atoms with van der Waals surface area (Å²) >= 11 is 1.46. The Kier molecular flexibility index (Phi) is 8.32. The zero-order valence-electron chi connectivity index (χ0n) is 18.8. The Balaban J connectivity index is 1.55. The van der Waals surface area contributed by atoms with Gasteiger partial charge in [-0.25, -0.2) is 9.97 Å². The number of hydrogen-bond donors (Lipinski definition) is 1. The summed E-state index contributed by atoms with van der Waals surface area (Å²) < 4.78 is 5.13. The lowest BCUT2D eigenvalue weighted by atomic mass is 10.0. The highest BCUT2D eigenvalue weighted by Gasteiger charge is 2.16. The van der Waals surface area contributed by atoms with Gasteiger partial charge in [0.2, 0.25) is 0 Å². The van der Waals surface area contributed by atoms with E-state index in [1.165, 1.54) is 11.8 Å². The lowest BCUT2D eigenvalue weighted by molar-refractivity contribution is -0.147. The predicted molar refractivity (Wildman–Crippen MR) is 128 cm³/mol. The SMILES string of the molecule is CSc1nc(C)c(CCC(=O)OCC(=O)Nc2ccccc2C(=O)c2ccccc2)c(C)n1. The molecule has 33 heavy (non-hydrogen) atoms. The monoisotopic (exact) mass is 463 g/mol. The molecule has 170 valence electrons. The topological polar surface area (TPSA) is 98.2 Å². The number of nitrogens with zero attached hydrogens (tertiary/aromatic N) is 2. The molecule has 7 nitrogen and oxygen atoms in total. The molecule has 0 saturated heterocycles. The van der Waals surface area contributed by atoms with E-state index in [2.05, 4.69) is 15.3 Å². The summed E-state index contributed by atoms with van der Waals surface area (Å²) in [6.45, 7) is 3.33. The van der Waals surface area contributed by atoms with Crippen LogP contribution >= 0.6 is 11.8 Å². The number of ketones is 1. The first-order valence-corrected chi connectivity index (χ1v) is 11.6. The van der Waals surface area contributed by atoms with E-state index in [-0.39, 0.29) is 12.2 Å². The van der Waals surface area contributed by atoms with Gasteiger partial charge in [0.25, 0.3) is 5.91 Å². The number of carbonyl (C=O) groups excluding carboxylic acids is 3. The molecule has 0 spiro atoms. The first-order valence-electron chi connectivity index (χ1n) is 10.4. The van der Waals surface area contributed by atoms with Gasteiger partial charge in [-0.05, 0) is 44.2 Å². The molecule has 0 radical (unpaired) electrons. The maximum Gasteiger partial charge on any atom is 0.306 e. The average Bonchev–Trinajstić information content (AvgIpc) is 2.82. The third-order valence-electron chi connectivity index (χ3n) is 5.01. The van der Waals surface area contributed by atoms with Crippen LogP contribution in [0.25, 0.3) is 0 Å². The van der Waals surface area contributed by atoms with E-state index in [1.54, 1.807) is 48.5 Å². The lowest BCUT2D eigenvalue weighted by Crippen LogP contribution is -2.22. The van der Waals surface area contributed by atoms with Crippen LogP contribution in [0, 0.1) is 13.8 Å². The highest BCUT2D eigenvalue weighted by atomic mass is 32.2. The molecule has 0 atom stereocenters. The molecule has 1 aromatic heterocycles. The Morgan fingerprint density at radius 2 is 1.58 bits per heavy atom. The van der Waals surface area contributed by atoms with Crippen molar-refractivity contribution >= 4 is 35.1 Å². The van der Waals surface area contributed by atoms with Crippen LogP contribution in [0.1, 0.15) is 39.3 Å². The fourth-order valence-electron chi connectivity index (χ4n) is 3.33. The third kappa shape index (κ3) is 6.49. The first-order chi connectivity index (χ1) is 15.9. The van der Waals surface area contributed by atoms with Crippen LogP contribution in [-0.2, 0) is 20.7 Å². The van der Waals surface area contributed by atoms with E-state index >= 15 is 0 Å². The van der Waals surface area contributed by atoms with Crippen molar-refractivity contribution in [1.82, 2.24) is 9.97 Å². The quantitative estimate of drug-likeness (QED) is 0.220. The number of aromatic nitrogens is 2. The number of benzene rings is 2. The normalized spacial score (nSPS) is 10.5. The molecule has 8 heteroatoms. The molecular formula is C25H25N3O4S. The second-order valence-corrected chi connectivity index (χ2v) is 8.08. The van der Waals surface area contributed by atoms with E-state index in [4.69, 9.17) is 4.74 Å². The standard InChI is InChI=1S/C25H25N3O4S/c1-16-19(17(2)27-25(26-16)33-3)13-14-23(30)32-15-22(29)28-21-12-8-7-11-20(21)24(31)18-9-5-4-6-10-18/h4-12H,13-15H2,1-3H3,(H,28,29). The zero-order chi connectivity index (χ0) is 23.8. The molecule has 2 aromatic carbocycles. The highest BCUT2D eigenvalue weighted by molar-refractivity contribution is 7.98. The number of ether oxygens (including phenoxy) is 1. The molecule has 0 saturated carbocycles. The molecular weight excluding hydrogens is 438 g/mol. The first kappa shape index (κ1) is 24.1. The molecule has 0 aliphatic rings. The number of esters is 1. The maximum atomic E-state index is 12.8. The van der Waals surface area contributed by atoms with Gasteiger partial charge in [-0.15, -0.1) is 0 Å². The lowest BCUT2D eigenvalue weighted by Gasteiger charge is -2.12. The van der Waals surface area contributed by atoms with Gasteiger partial charge < -0.3 is 10.1 Å². The Bertz CT molecular complexity index is 1140.